The molecule has 176 valence electrons. The van der Waals surface area contributed by atoms with Gasteiger partial charge in [-0.25, -0.2) is 4.79 Å². The number of nitrogens with one attached hydrogen (secondary N) is 3. The van der Waals surface area contributed by atoms with Crippen molar-refractivity contribution in [1.82, 2.24) is 25.9 Å². The molecule has 0 aliphatic carbocycles. The highest BCUT2D eigenvalue weighted by molar-refractivity contribution is 6.01. The molecule has 1 saturated heterocycles. The molecule has 1 atom stereocenters. The third kappa shape index (κ3) is 7.91. The zero-order chi connectivity index (χ0) is 23.6. The van der Waals surface area contributed by atoms with E-state index in [0.29, 0.717) is 11.6 Å². The molecular weight excluding hydrogens is 414 g/mol. The van der Waals surface area contributed by atoms with Crippen molar-refractivity contribution in [2.24, 2.45) is 5.41 Å². The lowest BCUT2D eigenvalue weighted by Crippen LogP contribution is -2.55. The summed E-state index contributed by atoms with van der Waals surface area (Å²) in [4.78, 5) is 65.9. The number of carbonyl (C=O) groups excluding carboxylic acids is 5. The largest absolute Gasteiger partial charge is 0.355 e. The predicted molar refractivity (Wildman–Crippen MR) is 112 cm³/mol. The van der Waals surface area contributed by atoms with E-state index in [0.717, 1.165) is 6.54 Å². The number of rotatable bonds is 13. The third-order valence-corrected chi connectivity index (χ3v) is 5.33. The lowest BCUT2D eigenvalue weighted by Gasteiger charge is -2.38. The summed E-state index contributed by atoms with van der Waals surface area (Å²) in [6.07, 6.45) is -0.0802. The van der Waals surface area contributed by atoms with Gasteiger partial charge in [0.2, 0.25) is 11.8 Å². The maximum Gasteiger partial charge on any atom is 0.334 e. The average Bonchev–Trinajstić information content (AvgIpc) is 3.03. The summed E-state index contributed by atoms with van der Waals surface area (Å²) in [5, 5.41) is 8.93. The number of likely N-dealkylation sites (N-methyl/N-ethyl adjacent to an activating group) is 2. The van der Waals surface area contributed by atoms with Crippen molar-refractivity contribution >= 4 is 29.6 Å². The van der Waals surface area contributed by atoms with Gasteiger partial charge < -0.3 is 25.7 Å². The van der Waals surface area contributed by atoms with Gasteiger partial charge >= 0.3 is 5.97 Å². The van der Waals surface area contributed by atoms with E-state index < -0.39 is 23.2 Å². The Labute approximate surface area is 183 Å². The van der Waals surface area contributed by atoms with Crippen molar-refractivity contribution in [3.63, 3.8) is 0 Å². The van der Waals surface area contributed by atoms with E-state index in [9.17, 15) is 24.0 Å². The Kier molecular flexibility index (Phi) is 10.6. The highest BCUT2D eigenvalue weighted by Gasteiger charge is 2.38. The second-order valence-corrected chi connectivity index (χ2v) is 8.02. The molecule has 1 fully saturated rings. The first-order valence-corrected chi connectivity index (χ1v) is 10.5. The number of amides is 4. The molecule has 1 rings (SSSR count). The molecule has 0 aromatic heterocycles. The summed E-state index contributed by atoms with van der Waals surface area (Å²) in [5.41, 5.74) is -0.668. The summed E-state index contributed by atoms with van der Waals surface area (Å²) in [6, 6.07) is -0.0169. The Morgan fingerprint density at radius 1 is 1.10 bits per heavy atom. The topological polar surface area (TPSA) is 137 Å². The molecule has 31 heavy (non-hydrogen) atoms. The van der Waals surface area contributed by atoms with Gasteiger partial charge in [0.05, 0.1) is 11.8 Å². The van der Waals surface area contributed by atoms with E-state index in [1.165, 1.54) is 0 Å². The van der Waals surface area contributed by atoms with Crippen LogP contribution in [0.3, 0.4) is 0 Å². The first-order chi connectivity index (χ1) is 14.5. The van der Waals surface area contributed by atoms with Gasteiger partial charge in [-0.1, -0.05) is 6.92 Å². The summed E-state index contributed by atoms with van der Waals surface area (Å²) in [6.45, 7) is 7.38. The maximum atomic E-state index is 12.7. The number of hydrogen-bond donors (Lipinski definition) is 3. The van der Waals surface area contributed by atoms with Crippen molar-refractivity contribution in [3.8, 4) is 0 Å². The fraction of sp³-hybridized carbons (Fsp3) is 0.750. The molecule has 1 aliphatic heterocycles. The minimum atomic E-state index is -0.783. The number of hydroxylamine groups is 2. The normalized spacial score (nSPS) is 15.2. The first-order valence-electron chi connectivity index (χ1n) is 10.5. The summed E-state index contributed by atoms with van der Waals surface area (Å²) < 4.78 is 0. The molecule has 0 aromatic carbocycles. The number of hydrogen-bond acceptors (Lipinski definition) is 8. The van der Waals surface area contributed by atoms with Gasteiger partial charge in [0.1, 0.15) is 0 Å². The van der Waals surface area contributed by atoms with E-state index in [1.807, 2.05) is 34.9 Å². The zero-order valence-electron chi connectivity index (χ0n) is 19.1. The molecule has 1 heterocycles. The molecular formula is C20H35N5O6. The van der Waals surface area contributed by atoms with Gasteiger partial charge in [-0.05, 0) is 34.5 Å². The van der Waals surface area contributed by atoms with Crippen molar-refractivity contribution in [3.05, 3.63) is 0 Å². The van der Waals surface area contributed by atoms with Crippen molar-refractivity contribution < 1.29 is 28.8 Å². The van der Waals surface area contributed by atoms with Gasteiger partial charge in [-0.2, -0.15) is 0 Å². The Hall–Kier alpha value is -2.53. The van der Waals surface area contributed by atoms with Gasteiger partial charge in [-0.15, -0.1) is 5.06 Å². The SMILES string of the molecule is CC(C)(C(=O)NCCC(=O)[15NH]C[13CH2][13C](=O)ON1C(=O)CCC1=O)C(C[15NH][13CH3])N([13CH3])[13CH2][13CH3]. The molecule has 11 heteroatoms. The van der Waals surface area contributed by atoms with Gasteiger partial charge in [0.15, 0.2) is 0 Å². The van der Waals surface area contributed by atoms with Crippen LogP contribution in [0.5, 0.6) is 0 Å². The van der Waals surface area contributed by atoms with Crippen LogP contribution in [-0.2, 0) is 28.8 Å². The minimum absolute atomic E-state index is 0.00113. The standard InChI is InChI=1S/C20H35N5O6/c1-6-24(5)14(13-21-4)20(2,3)19(30)23-11-9-15(26)22-12-10-18(29)31-25-16(27)7-8-17(25)28/h14,21H,6-13H2,1-5H3,(H,22,26)(H,23,30)/i1+1,4+1,5+1,6+1,10+1,18+1,21+1,22+1. The number of carbonyl (C=O) groups is 5. The molecule has 11 nitrogen and oxygen atoms in total. The van der Waals surface area contributed by atoms with Crippen LogP contribution < -0.4 is 16.0 Å². The predicted octanol–water partition coefficient (Wildman–Crippen LogP) is -0.828. The monoisotopic (exact) mass is 449 g/mol. The van der Waals surface area contributed by atoms with Crippen LogP contribution in [-0.4, -0.2) is 85.9 Å². The van der Waals surface area contributed by atoms with E-state index in [-0.39, 0.29) is 56.6 Å². The van der Waals surface area contributed by atoms with Crippen molar-refractivity contribution in [1.29, 1.82) is 0 Å². The second kappa shape index (κ2) is 12.4. The summed E-state index contributed by atoms with van der Waals surface area (Å²) in [5.74, 6) is -2.37. The van der Waals surface area contributed by atoms with Crippen LogP contribution in [0, 0.1) is 5.41 Å². The zero-order valence-corrected chi connectivity index (χ0v) is 19.1. The smallest absolute Gasteiger partial charge is 0.334 e. The van der Waals surface area contributed by atoms with Crippen molar-refractivity contribution in [2.45, 2.75) is 52.5 Å². The van der Waals surface area contributed by atoms with Crippen LogP contribution in [0.2, 0.25) is 0 Å². The lowest BCUT2D eigenvalue weighted by atomic mass is 9.83. The van der Waals surface area contributed by atoms with E-state index in [4.69, 9.17) is 4.84 Å². The number of nitrogens with zero attached hydrogens (tertiary/aromatic N) is 2. The Morgan fingerprint density at radius 3 is 2.23 bits per heavy atom. The fourth-order valence-electron chi connectivity index (χ4n) is 3.24. The molecule has 0 bridgehead atoms. The Morgan fingerprint density at radius 2 is 1.68 bits per heavy atom. The summed E-state index contributed by atoms with van der Waals surface area (Å²) >= 11 is 0. The van der Waals surface area contributed by atoms with Gasteiger partial charge in [0, 0.05) is 44.9 Å². The molecule has 0 radical (unpaired) electrons. The highest BCUT2D eigenvalue weighted by atomic mass is 16.8. The van der Waals surface area contributed by atoms with E-state index in [2.05, 4.69) is 20.9 Å². The Balaban J connectivity index is 2.34. The lowest BCUT2D eigenvalue weighted by molar-refractivity contribution is -0.197. The fourth-order valence-corrected chi connectivity index (χ4v) is 3.24. The molecule has 3 N–H and O–H groups in total. The highest BCUT2D eigenvalue weighted by Crippen LogP contribution is 2.24. The second-order valence-electron chi connectivity index (χ2n) is 8.02. The van der Waals surface area contributed by atoms with Crippen LogP contribution in [0.4, 0.5) is 0 Å². The molecule has 1 unspecified atom stereocenters. The summed E-state index contributed by atoms with van der Waals surface area (Å²) in [7, 11) is 3.80. The third-order valence-electron chi connectivity index (χ3n) is 5.33. The van der Waals surface area contributed by atoms with Crippen molar-refractivity contribution in [2.75, 3.05) is 40.3 Å². The molecule has 0 aromatic rings. The van der Waals surface area contributed by atoms with E-state index >= 15 is 0 Å². The first kappa shape index (κ1) is 26.5. The molecule has 4 amide bonds. The number of imide groups is 1. The van der Waals surface area contributed by atoms with Crippen LogP contribution in [0.15, 0.2) is 0 Å². The van der Waals surface area contributed by atoms with Crippen LogP contribution in [0.1, 0.15) is 46.5 Å². The van der Waals surface area contributed by atoms with Crippen LogP contribution >= 0.6 is 0 Å². The van der Waals surface area contributed by atoms with E-state index in [1.54, 1.807) is 0 Å². The molecule has 0 saturated carbocycles. The maximum absolute atomic E-state index is 12.7. The molecule has 0 spiro atoms. The molecule has 1 aliphatic rings. The van der Waals surface area contributed by atoms with Gasteiger partial charge in [0.25, 0.3) is 11.8 Å². The average molecular weight is 449 g/mol. The van der Waals surface area contributed by atoms with Crippen LogP contribution in [0.25, 0.3) is 0 Å². The van der Waals surface area contributed by atoms with Gasteiger partial charge in [-0.3, -0.25) is 19.2 Å². The quantitative estimate of drug-likeness (QED) is 0.188. The minimum Gasteiger partial charge on any atom is -0.355 e. The Bertz CT molecular complexity index is 665.